The standard InChI is InChI=1S/C13H12O3/c1-13-6-10(16-11(14)7-13)12(15)8-4-2-3-5-9(8)13/h2-5,10H,6-7H2,1H3/t10-,13-/m0/s1. The SMILES string of the molecule is C[C@@]12CC(=O)O[C@@H](C1)C(=O)c1ccccc12. The van der Waals surface area contributed by atoms with E-state index in [1.807, 2.05) is 31.2 Å². The van der Waals surface area contributed by atoms with E-state index in [4.69, 9.17) is 4.74 Å². The van der Waals surface area contributed by atoms with Crippen LogP contribution in [0.5, 0.6) is 0 Å². The van der Waals surface area contributed by atoms with Gasteiger partial charge in [-0.25, -0.2) is 0 Å². The molecule has 3 heteroatoms. The van der Waals surface area contributed by atoms with E-state index in [1.54, 1.807) is 0 Å². The Morgan fingerprint density at radius 3 is 2.88 bits per heavy atom. The minimum Gasteiger partial charge on any atom is -0.454 e. The number of ketones is 1. The van der Waals surface area contributed by atoms with Crippen LogP contribution < -0.4 is 0 Å². The normalized spacial score (nSPS) is 31.9. The lowest BCUT2D eigenvalue weighted by Crippen LogP contribution is -2.47. The predicted molar refractivity (Wildman–Crippen MR) is 57.2 cm³/mol. The van der Waals surface area contributed by atoms with Crippen LogP contribution in [0.3, 0.4) is 0 Å². The summed E-state index contributed by atoms with van der Waals surface area (Å²) in [6.07, 6.45) is 0.420. The molecule has 0 N–H and O–H groups in total. The Morgan fingerprint density at radius 1 is 1.31 bits per heavy atom. The molecule has 0 aromatic heterocycles. The first-order valence-electron chi connectivity index (χ1n) is 5.43. The van der Waals surface area contributed by atoms with Crippen LogP contribution in [0.4, 0.5) is 0 Å². The largest absolute Gasteiger partial charge is 0.454 e. The predicted octanol–water partition coefficient (Wildman–Crippen LogP) is 1.85. The molecule has 0 radical (unpaired) electrons. The first-order valence-corrected chi connectivity index (χ1v) is 5.43. The van der Waals surface area contributed by atoms with Crippen LogP contribution in [0.25, 0.3) is 0 Å². The van der Waals surface area contributed by atoms with Gasteiger partial charge < -0.3 is 4.74 Å². The van der Waals surface area contributed by atoms with Crippen molar-refractivity contribution in [3.63, 3.8) is 0 Å². The Morgan fingerprint density at radius 2 is 2.06 bits per heavy atom. The highest BCUT2D eigenvalue weighted by Gasteiger charge is 2.47. The highest BCUT2D eigenvalue weighted by Crippen LogP contribution is 2.43. The number of hydrogen-bond donors (Lipinski definition) is 0. The Hall–Kier alpha value is -1.64. The van der Waals surface area contributed by atoms with Gasteiger partial charge in [0, 0.05) is 17.4 Å². The topological polar surface area (TPSA) is 43.4 Å². The first-order chi connectivity index (χ1) is 7.60. The van der Waals surface area contributed by atoms with E-state index in [0.29, 0.717) is 18.4 Å². The molecule has 0 spiro atoms. The van der Waals surface area contributed by atoms with Gasteiger partial charge in [0.2, 0.25) is 5.78 Å². The number of ether oxygens (including phenoxy) is 1. The van der Waals surface area contributed by atoms with E-state index >= 15 is 0 Å². The van der Waals surface area contributed by atoms with Gasteiger partial charge in [0.15, 0.2) is 6.10 Å². The number of Topliss-reactive ketones (excluding diaryl/α,β-unsaturated/α-hetero) is 1. The van der Waals surface area contributed by atoms with Gasteiger partial charge in [-0.05, 0) is 5.56 Å². The van der Waals surface area contributed by atoms with Crippen LogP contribution in [-0.2, 0) is 14.9 Å². The fourth-order valence-electron chi connectivity index (χ4n) is 2.79. The molecule has 3 rings (SSSR count). The first kappa shape index (κ1) is 9.58. The van der Waals surface area contributed by atoms with Gasteiger partial charge in [-0.15, -0.1) is 0 Å². The Kier molecular flexibility index (Phi) is 1.76. The molecule has 0 unspecified atom stereocenters. The van der Waals surface area contributed by atoms with Crippen molar-refractivity contribution in [3.05, 3.63) is 35.4 Å². The lowest BCUT2D eigenvalue weighted by molar-refractivity contribution is -0.155. The third-order valence-electron chi connectivity index (χ3n) is 3.58. The summed E-state index contributed by atoms with van der Waals surface area (Å²) >= 11 is 0. The lowest BCUT2D eigenvalue weighted by Gasteiger charge is -2.42. The van der Waals surface area contributed by atoms with Crippen molar-refractivity contribution >= 4 is 11.8 Å². The van der Waals surface area contributed by atoms with E-state index in [-0.39, 0.29) is 17.2 Å². The molecule has 1 saturated heterocycles. The van der Waals surface area contributed by atoms with Crippen molar-refractivity contribution in [2.45, 2.75) is 31.3 Å². The number of rotatable bonds is 0. The quantitative estimate of drug-likeness (QED) is 0.621. The second-order valence-electron chi connectivity index (χ2n) is 4.83. The number of hydrogen-bond acceptors (Lipinski definition) is 3. The maximum absolute atomic E-state index is 12.0. The molecule has 2 atom stereocenters. The average molecular weight is 216 g/mol. The van der Waals surface area contributed by atoms with Crippen molar-refractivity contribution in [1.82, 2.24) is 0 Å². The monoisotopic (exact) mass is 216 g/mol. The van der Waals surface area contributed by atoms with Crippen LogP contribution in [-0.4, -0.2) is 17.9 Å². The maximum Gasteiger partial charge on any atom is 0.307 e. The summed E-state index contributed by atoms with van der Waals surface area (Å²) in [6.45, 7) is 2.03. The number of benzene rings is 1. The van der Waals surface area contributed by atoms with Crippen molar-refractivity contribution in [2.24, 2.45) is 0 Å². The number of carbonyl (C=O) groups is 2. The smallest absolute Gasteiger partial charge is 0.307 e. The summed E-state index contributed by atoms with van der Waals surface area (Å²) < 4.78 is 5.10. The summed E-state index contributed by atoms with van der Waals surface area (Å²) in [6, 6.07) is 7.53. The third-order valence-corrected chi connectivity index (χ3v) is 3.58. The lowest BCUT2D eigenvalue weighted by atomic mass is 9.66. The van der Waals surface area contributed by atoms with Gasteiger partial charge in [-0.1, -0.05) is 31.2 Å². The minimum absolute atomic E-state index is 0.0545. The number of fused-ring (bicyclic) bond motifs is 4. The molecule has 1 fully saturated rings. The van der Waals surface area contributed by atoms with Gasteiger partial charge in [-0.3, -0.25) is 9.59 Å². The molecule has 1 aliphatic heterocycles. The van der Waals surface area contributed by atoms with Gasteiger partial charge in [0.05, 0.1) is 6.42 Å². The zero-order valence-electron chi connectivity index (χ0n) is 9.03. The van der Waals surface area contributed by atoms with Crippen LogP contribution in [0, 0.1) is 0 Å². The number of esters is 1. The van der Waals surface area contributed by atoms with Crippen molar-refractivity contribution in [3.8, 4) is 0 Å². The minimum atomic E-state index is -0.568. The van der Waals surface area contributed by atoms with E-state index in [9.17, 15) is 9.59 Å². The van der Waals surface area contributed by atoms with Gasteiger partial charge in [0.1, 0.15) is 0 Å². The molecule has 2 aliphatic rings. The van der Waals surface area contributed by atoms with Crippen molar-refractivity contribution in [1.29, 1.82) is 0 Å². The zero-order valence-corrected chi connectivity index (χ0v) is 9.03. The molecule has 1 aliphatic carbocycles. The molecule has 3 nitrogen and oxygen atoms in total. The van der Waals surface area contributed by atoms with E-state index in [0.717, 1.165) is 5.56 Å². The zero-order chi connectivity index (χ0) is 11.3. The molecule has 0 amide bonds. The van der Waals surface area contributed by atoms with Crippen LogP contribution in [0.15, 0.2) is 24.3 Å². The summed E-state index contributed by atoms with van der Waals surface area (Å²) in [7, 11) is 0. The van der Waals surface area contributed by atoms with E-state index in [2.05, 4.69) is 0 Å². The van der Waals surface area contributed by atoms with Crippen LogP contribution in [0.2, 0.25) is 0 Å². The highest BCUT2D eigenvalue weighted by molar-refractivity contribution is 6.04. The van der Waals surface area contributed by atoms with E-state index in [1.165, 1.54) is 0 Å². The number of carbonyl (C=O) groups excluding carboxylic acids is 2. The Labute approximate surface area is 93.4 Å². The summed E-state index contributed by atoms with van der Waals surface area (Å²) in [4.78, 5) is 23.5. The molecular weight excluding hydrogens is 204 g/mol. The van der Waals surface area contributed by atoms with Gasteiger partial charge in [-0.2, -0.15) is 0 Å². The maximum atomic E-state index is 12.0. The second-order valence-corrected chi connectivity index (χ2v) is 4.83. The summed E-state index contributed by atoms with van der Waals surface area (Å²) in [5, 5.41) is 0. The Bertz CT molecular complexity index is 492. The van der Waals surface area contributed by atoms with E-state index < -0.39 is 6.10 Å². The molecule has 1 aromatic rings. The highest BCUT2D eigenvalue weighted by atomic mass is 16.5. The fraction of sp³-hybridized carbons (Fsp3) is 0.385. The molecular formula is C13H12O3. The van der Waals surface area contributed by atoms with Crippen LogP contribution >= 0.6 is 0 Å². The van der Waals surface area contributed by atoms with Gasteiger partial charge >= 0.3 is 5.97 Å². The van der Waals surface area contributed by atoms with Gasteiger partial charge in [0.25, 0.3) is 0 Å². The molecule has 2 bridgehead atoms. The second kappa shape index (κ2) is 2.94. The molecule has 16 heavy (non-hydrogen) atoms. The fourth-order valence-corrected chi connectivity index (χ4v) is 2.79. The van der Waals surface area contributed by atoms with Crippen molar-refractivity contribution in [2.75, 3.05) is 0 Å². The average Bonchev–Trinajstić information content (AvgIpc) is 2.25. The third kappa shape index (κ3) is 1.14. The Balaban J connectivity index is 2.23. The molecule has 1 aromatic carbocycles. The van der Waals surface area contributed by atoms with Crippen LogP contribution in [0.1, 0.15) is 35.7 Å². The molecule has 82 valence electrons. The summed E-state index contributed by atoms with van der Waals surface area (Å²) in [5.74, 6) is -0.317. The summed E-state index contributed by atoms with van der Waals surface area (Å²) in [5.41, 5.74) is 1.48. The molecule has 1 heterocycles. The van der Waals surface area contributed by atoms with Crippen molar-refractivity contribution < 1.29 is 14.3 Å². The molecule has 0 saturated carbocycles.